The number of hydrogen-bond acceptors (Lipinski definition) is 5. The minimum atomic E-state index is -0.370. The summed E-state index contributed by atoms with van der Waals surface area (Å²) in [6.07, 6.45) is 0.654. The average molecular weight is 399 g/mol. The molecule has 3 aromatic carbocycles. The van der Waals surface area contributed by atoms with E-state index < -0.39 is 0 Å². The van der Waals surface area contributed by atoms with Gasteiger partial charge in [0, 0.05) is 12.0 Å². The van der Waals surface area contributed by atoms with Crippen molar-refractivity contribution < 1.29 is 18.7 Å². The summed E-state index contributed by atoms with van der Waals surface area (Å²) in [6, 6.07) is 24.6. The van der Waals surface area contributed by atoms with E-state index in [4.69, 9.17) is 13.9 Å². The molecule has 0 saturated heterocycles. The summed E-state index contributed by atoms with van der Waals surface area (Å²) in [4.78, 5) is 16.2. The van der Waals surface area contributed by atoms with Crippen molar-refractivity contribution in [2.45, 2.75) is 13.3 Å². The van der Waals surface area contributed by atoms with Gasteiger partial charge in [-0.2, -0.15) is 0 Å². The lowest BCUT2D eigenvalue weighted by Crippen LogP contribution is -2.00. The molecule has 150 valence electrons. The Labute approximate surface area is 174 Å². The molecule has 5 heteroatoms. The fourth-order valence-electron chi connectivity index (χ4n) is 3.08. The third-order valence-electron chi connectivity index (χ3n) is 4.72. The van der Waals surface area contributed by atoms with Gasteiger partial charge in [-0.25, -0.2) is 9.78 Å². The molecule has 0 aliphatic rings. The molecule has 0 amide bonds. The van der Waals surface area contributed by atoms with Crippen LogP contribution in [0.25, 0.3) is 11.5 Å². The van der Waals surface area contributed by atoms with Crippen molar-refractivity contribution in [1.82, 2.24) is 4.98 Å². The van der Waals surface area contributed by atoms with Gasteiger partial charge >= 0.3 is 5.97 Å². The summed E-state index contributed by atoms with van der Waals surface area (Å²) >= 11 is 0. The van der Waals surface area contributed by atoms with Crippen LogP contribution in [0, 0.1) is 6.92 Å². The molecule has 0 N–H and O–H groups in total. The smallest absolute Gasteiger partial charge is 0.337 e. The number of benzene rings is 3. The molecule has 4 rings (SSSR count). The predicted octanol–water partition coefficient (Wildman–Crippen LogP) is 5.82. The van der Waals surface area contributed by atoms with Crippen molar-refractivity contribution >= 4 is 5.97 Å². The highest BCUT2D eigenvalue weighted by molar-refractivity contribution is 5.89. The molecule has 1 aromatic heterocycles. The molecule has 1 heterocycles. The van der Waals surface area contributed by atoms with E-state index in [0.717, 1.165) is 34.1 Å². The van der Waals surface area contributed by atoms with Gasteiger partial charge in [-0.1, -0.05) is 30.3 Å². The lowest BCUT2D eigenvalue weighted by atomic mass is 10.1. The van der Waals surface area contributed by atoms with Crippen molar-refractivity contribution in [1.29, 1.82) is 0 Å². The lowest BCUT2D eigenvalue weighted by Gasteiger charge is -2.06. The zero-order chi connectivity index (χ0) is 20.9. The second-order valence-corrected chi connectivity index (χ2v) is 6.83. The second kappa shape index (κ2) is 8.66. The summed E-state index contributed by atoms with van der Waals surface area (Å²) in [7, 11) is 1.36. The minimum Gasteiger partial charge on any atom is -0.465 e. The number of aromatic nitrogens is 1. The van der Waals surface area contributed by atoms with Crippen LogP contribution in [-0.4, -0.2) is 18.1 Å². The molecule has 0 fully saturated rings. The monoisotopic (exact) mass is 399 g/mol. The Hall–Kier alpha value is -3.86. The first-order valence-electron chi connectivity index (χ1n) is 9.59. The van der Waals surface area contributed by atoms with Gasteiger partial charge in [0.25, 0.3) is 0 Å². The third kappa shape index (κ3) is 4.41. The molecule has 0 aliphatic heterocycles. The molecule has 0 radical (unpaired) electrons. The van der Waals surface area contributed by atoms with Crippen LogP contribution < -0.4 is 4.74 Å². The number of hydrogen-bond donors (Lipinski definition) is 0. The largest absolute Gasteiger partial charge is 0.465 e. The number of para-hydroxylation sites is 1. The Balaban J connectivity index is 1.46. The second-order valence-electron chi connectivity index (χ2n) is 6.83. The summed E-state index contributed by atoms with van der Waals surface area (Å²) < 4.78 is 16.4. The maximum Gasteiger partial charge on any atom is 0.337 e. The zero-order valence-electron chi connectivity index (χ0n) is 16.8. The van der Waals surface area contributed by atoms with E-state index >= 15 is 0 Å². The SMILES string of the molecule is COC(=O)c1ccc(-c2nc(Cc3ccc(Oc4ccccc4)cc3)c(C)o2)cc1. The van der Waals surface area contributed by atoms with E-state index in [1.54, 1.807) is 24.3 Å². The Bertz CT molecular complexity index is 1130. The van der Waals surface area contributed by atoms with E-state index in [1.807, 2.05) is 61.5 Å². The first-order valence-corrected chi connectivity index (χ1v) is 9.59. The molecular weight excluding hydrogens is 378 g/mol. The highest BCUT2D eigenvalue weighted by Crippen LogP contribution is 2.25. The van der Waals surface area contributed by atoms with E-state index in [0.29, 0.717) is 17.9 Å². The number of carbonyl (C=O) groups excluding carboxylic acids is 1. The third-order valence-corrected chi connectivity index (χ3v) is 4.72. The molecular formula is C25H21NO4. The Kier molecular flexibility index (Phi) is 5.61. The number of rotatable bonds is 6. The van der Waals surface area contributed by atoms with Gasteiger partial charge in [0.2, 0.25) is 5.89 Å². The number of esters is 1. The standard InChI is InChI=1S/C25H21NO4/c1-17-23(26-24(29-17)19-10-12-20(13-11-19)25(27)28-2)16-18-8-14-22(15-9-18)30-21-6-4-3-5-7-21/h3-15H,16H2,1-2H3. The van der Waals surface area contributed by atoms with E-state index in [1.165, 1.54) is 7.11 Å². The van der Waals surface area contributed by atoms with Crippen LogP contribution in [-0.2, 0) is 11.2 Å². The highest BCUT2D eigenvalue weighted by atomic mass is 16.5. The van der Waals surface area contributed by atoms with Crippen LogP contribution in [0.1, 0.15) is 27.4 Å². The van der Waals surface area contributed by atoms with Crippen molar-refractivity contribution in [3.05, 3.63) is 101 Å². The number of oxazole rings is 1. The first-order chi connectivity index (χ1) is 14.6. The van der Waals surface area contributed by atoms with Gasteiger partial charge in [-0.05, 0) is 61.0 Å². The number of ether oxygens (including phenoxy) is 2. The van der Waals surface area contributed by atoms with Crippen LogP contribution in [0.2, 0.25) is 0 Å². The van der Waals surface area contributed by atoms with Gasteiger partial charge in [0.1, 0.15) is 17.3 Å². The highest BCUT2D eigenvalue weighted by Gasteiger charge is 2.13. The molecule has 0 bridgehead atoms. The van der Waals surface area contributed by atoms with Crippen molar-refractivity contribution in [3.8, 4) is 23.0 Å². The minimum absolute atomic E-state index is 0.370. The first kappa shape index (κ1) is 19.5. The van der Waals surface area contributed by atoms with Crippen LogP contribution in [0.5, 0.6) is 11.5 Å². The average Bonchev–Trinajstić information content (AvgIpc) is 3.15. The number of carbonyl (C=O) groups is 1. The van der Waals surface area contributed by atoms with Gasteiger partial charge in [0.05, 0.1) is 18.4 Å². The number of methoxy groups -OCH3 is 1. The maximum absolute atomic E-state index is 11.6. The summed E-state index contributed by atoms with van der Waals surface area (Å²) in [5.41, 5.74) is 3.28. The molecule has 0 spiro atoms. The van der Waals surface area contributed by atoms with Crippen LogP contribution in [0.3, 0.4) is 0 Å². The molecule has 30 heavy (non-hydrogen) atoms. The van der Waals surface area contributed by atoms with Gasteiger partial charge in [-0.15, -0.1) is 0 Å². The quantitative estimate of drug-likeness (QED) is 0.382. The molecule has 0 aliphatic carbocycles. The normalized spacial score (nSPS) is 10.6. The predicted molar refractivity (Wildman–Crippen MR) is 114 cm³/mol. The number of nitrogens with zero attached hydrogens (tertiary/aromatic N) is 1. The van der Waals surface area contributed by atoms with Crippen LogP contribution in [0.4, 0.5) is 0 Å². The molecule has 0 unspecified atom stereocenters. The van der Waals surface area contributed by atoms with Crippen LogP contribution >= 0.6 is 0 Å². The topological polar surface area (TPSA) is 61.6 Å². The van der Waals surface area contributed by atoms with Crippen molar-refractivity contribution in [3.63, 3.8) is 0 Å². The van der Waals surface area contributed by atoms with Crippen LogP contribution in [0.15, 0.2) is 83.3 Å². The van der Waals surface area contributed by atoms with E-state index in [2.05, 4.69) is 4.98 Å². The summed E-state index contributed by atoms with van der Waals surface area (Å²) in [6.45, 7) is 1.90. The molecule has 0 atom stereocenters. The van der Waals surface area contributed by atoms with E-state index in [-0.39, 0.29) is 5.97 Å². The van der Waals surface area contributed by atoms with Gasteiger partial charge in [0.15, 0.2) is 0 Å². The number of aryl methyl sites for hydroxylation is 1. The van der Waals surface area contributed by atoms with Crippen molar-refractivity contribution in [2.24, 2.45) is 0 Å². The van der Waals surface area contributed by atoms with E-state index in [9.17, 15) is 4.79 Å². The Morgan fingerprint density at radius 2 is 1.57 bits per heavy atom. The van der Waals surface area contributed by atoms with Gasteiger partial charge in [-0.3, -0.25) is 0 Å². The molecule has 5 nitrogen and oxygen atoms in total. The summed E-state index contributed by atoms with van der Waals surface area (Å²) in [5.74, 6) is 2.52. The Morgan fingerprint density at radius 1 is 0.900 bits per heavy atom. The van der Waals surface area contributed by atoms with Crippen molar-refractivity contribution in [2.75, 3.05) is 7.11 Å². The summed E-state index contributed by atoms with van der Waals surface area (Å²) in [5, 5.41) is 0. The zero-order valence-corrected chi connectivity index (χ0v) is 16.8. The molecule has 4 aromatic rings. The van der Waals surface area contributed by atoms with Gasteiger partial charge < -0.3 is 13.9 Å². The lowest BCUT2D eigenvalue weighted by molar-refractivity contribution is 0.0600. The Morgan fingerprint density at radius 3 is 2.23 bits per heavy atom. The fraction of sp³-hybridized carbons (Fsp3) is 0.120. The molecule has 0 saturated carbocycles. The fourth-order valence-corrected chi connectivity index (χ4v) is 3.08. The maximum atomic E-state index is 11.6.